The van der Waals surface area contributed by atoms with E-state index in [9.17, 15) is 0 Å². The minimum atomic E-state index is 0.697. The van der Waals surface area contributed by atoms with Gasteiger partial charge in [0, 0.05) is 10.9 Å². The van der Waals surface area contributed by atoms with Crippen molar-refractivity contribution in [2.24, 2.45) is 5.10 Å². The Morgan fingerprint density at radius 2 is 1.75 bits per heavy atom. The van der Waals surface area contributed by atoms with Crippen LogP contribution in [0, 0.1) is 0 Å². The Kier molecular flexibility index (Phi) is 7.50. The van der Waals surface area contributed by atoms with Crippen molar-refractivity contribution in [1.82, 2.24) is 4.98 Å². The first kappa shape index (κ1) is 21.6. The Bertz CT molecular complexity index is 1140. The number of hydrogen-bond donors (Lipinski definition) is 1. The molecule has 0 amide bonds. The molecule has 0 unspecified atom stereocenters. The lowest BCUT2D eigenvalue weighted by Gasteiger charge is -2.06. The first-order valence-electron chi connectivity index (χ1n) is 10.5. The van der Waals surface area contributed by atoms with E-state index in [4.69, 9.17) is 9.47 Å². The van der Waals surface area contributed by atoms with Gasteiger partial charge in [0.1, 0.15) is 11.5 Å². The maximum absolute atomic E-state index is 5.84. The van der Waals surface area contributed by atoms with Gasteiger partial charge in [0.25, 0.3) is 0 Å². The molecule has 4 rings (SSSR count). The van der Waals surface area contributed by atoms with Crippen LogP contribution in [0.1, 0.15) is 17.5 Å². The van der Waals surface area contributed by atoms with Crippen LogP contribution in [0.25, 0.3) is 11.3 Å². The van der Waals surface area contributed by atoms with Crippen LogP contribution >= 0.6 is 11.3 Å². The molecule has 0 fully saturated rings. The van der Waals surface area contributed by atoms with Gasteiger partial charge in [0.2, 0.25) is 5.13 Å². The summed E-state index contributed by atoms with van der Waals surface area (Å²) in [6, 6.07) is 26.2. The number of aryl methyl sites for hydroxylation is 1. The molecule has 0 saturated carbocycles. The molecule has 3 aromatic carbocycles. The van der Waals surface area contributed by atoms with Crippen LogP contribution in [-0.4, -0.2) is 24.9 Å². The number of hydrogen-bond acceptors (Lipinski definition) is 6. The van der Waals surface area contributed by atoms with Crippen molar-refractivity contribution in [3.05, 3.63) is 95.4 Å². The van der Waals surface area contributed by atoms with Crippen molar-refractivity contribution in [2.45, 2.75) is 12.8 Å². The first-order chi connectivity index (χ1) is 15.8. The van der Waals surface area contributed by atoms with Crippen LogP contribution in [0.4, 0.5) is 5.13 Å². The molecular weight excluding hydrogens is 418 g/mol. The van der Waals surface area contributed by atoms with Crippen LogP contribution in [0.3, 0.4) is 0 Å². The molecule has 32 heavy (non-hydrogen) atoms. The Hall–Kier alpha value is -3.64. The van der Waals surface area contributed by atoms with Gasteiger partial charge in [-0.2, -0.15) is 5.10 Å². The third-order valence-corrected chi connectivity index (χ3v) is 5.61. The van der Waals surface area contributed by atoms with Crippen LogP contribution in [0.2, 0.25) is 0 Å². The summed E-state index contributed by atoms with van der Waals surface area (Å²) < 4.78 is 11.3. The van der Waals surface area contributed by atoms with Gasteiger partial charge in [-0.3, -0.25) is 5.43 Å². The average Bonchev–Trinajstić information content (AvgIpc) is 3.32. The Morgan fingerprint density at radius 3 is 2.56 bits per heavy atom. The van der Waals surface area contributed by atoms with Crippen LogP contribution in [0.5, 0.6) is 11.5 Å². The maximum atomic E-state index is 5.84. The van der Waals surface area contributed by atoms with E-state index in [0.717, 1.165) is 46.3 Å². The molecule has 0 atom stereocenters. The van der Waals surface area contributed by atoms with E-state index in [1.807, 2.05) is 60.0 Å². The number of methoxy groups -OCH3 is 1. The molecule has 4 aromatic rings. The number of rotatable bonds is 10. The molecule has 6 heteroatoms. The Morgan fingerprint density at radius 1 is 0.969 bits per heavy atom. The summed E-state index contributed by atoms with van der Waals surface area (Å²) in [6.07, 6.45) is 3.78. The zero-order valence-electron chi connectivity index (χ0n) is 17.9. The highest BCUT2D eigenvalue weighted by molar-refractivity contribution is 7.14. The summed E-state index contributed by atoms with van der Waals surface area (Å²) in [5.74, 6) is 1.67. The number of benzene rings is 3. The maximum Gasteiger partial charge on any atom is 0.203 e. The van der Waals surface area contributed by atoms with Crippen molar-refractivity contribution in [1.29, 1.82) is 0 Å². The molecule has 0 aliphatic rings. The summed E-state index contributed by atoms with van der Waals surface area (Å²) in [5, 5.41) is 7.01. The van der Waals surface area contributed by atoms with Gasteiger partial charge in [-0.25, -0.2) is 4.98 Å². The number of para-hydroxylation sites is 1. The lowest BCUT2D eigenvalue weighted by Crippen LogP contribution is -1.99. The van der Waals surface area contributed by atoms with Gasteiger partial charge in [0.15, 0.2) is 0 Å². The SMILES string of the molecule is COc1ccccc1-c1csc(N/N=C\c2ccc(OCCCc3ccccc3)cc2)n1. The quantitative estimate of drug-likeness (QED) is 0.178. The summed E-state index contributed by atoms with van der Waals surface area (Å²) in [6.45, 7) is 0.697. The van der Waals surface area contributed by atoms with E-state index < -0.39 is 0 Å². The van der Waals surface area contributed by atoms with Gasteiger partial charge in [-0.15, -0.1) is 11.3 Å². The van der Waals surface area contributed by atoms with Crippen molar-refractivity contribution in [3.8, 4) is 22.8 Å². The number of hydrazone groups is 1. The fraction of sp³-hybridized carbons (Fsp3) is 0.154. The monoisotopic (exact) mass is 443 g/mol. The van der Waals surface area contributed by atoms with Gasteiger partial charge >= 0.3 is 0 Å². The highest BCUT2D eigenvalue weighted by Crippen LogP contribution is 2.31. The largest absolute Gasteiger partial charge is 0.496 e. The fourth-order valence-corrected chi connectivity index (χ4v) is 3.89. The summed E-state index contributed by atoms with van der Waals surface area (Å²) in [4.78, 5) is 4.59. The van der Waals surface area contributed by atoms with E-state index >= 15 is 0 Å². The molecule has 0 spiro atoms. The molecule has 0 aliphatic carbocycles. The normalized spacial score (nSPS) is 10.9. The third-order valence-electron chi connectivity index (χ3n) is 4.86. The molecule has 1 aromatic heterocycles. The van der Waals surface area contributed by atoms with E-state index in [-0.39, 0.29) is 0 Å². The van der Waals surface area contributed by atoms with Gasteiger partial charge < -0.3 is 9.47 Å². The van der Waals surface area contributed by atoms with Crippen molar-refractivity contribution >= 4 is 22.7 Å². The lowest BCUT2D eigenvalue weighted by atomic mass is 10.1. The van der Waals surface area contributed by atoms with E-state index in [0.29, 0.717) is 6.61 Å². The van der Waals surface area contributed by atoms with Crippen LogP contribution in [-0.2, 0) is 6.42 Å². The predicted octanol–water partition coefficient (Wildman–Crippen LogP) is 6.28. The van der Waals surface area contributed by atoms with Gasteiger partial charge in [-0.05, 0) is 60.4 Å². The molecule has 162 valence electrons. The van der Waals surface area contributed by atoms with Crippen molar-refractivity contribution in [3.63, 3.8) is 0 Å². The van der Waals surface area contributed by atoms with Crippen LogP contribution in [0.15, 0.2) is 89.3 Å². The fourth-order valence-electron chi connectivity index (χ4n) is 3.23. The third kappa shape index (κ3) is 5.95. The second-order valence-corrected chi connectivity index (χ2v) is 7.97. The average molecular weight is 444 g/mol. The molecule has 0 bridgehead atoms. The summed E-state index contributed by atoms with van der Waals surface area (Å²) in [7, 11) is 1.66. The first-order valence-corrected chi connectivity index (χ1v) is 11.3. The van der Waals surface area contributed by atoms with E-state index in [1.54, 1.807) is 13.3 Å². The Labute approximate surface area is 192 Å². The zero-order chi connectivity index (χ0) is 22.0. The minimum Gasteiger partial charge on any atom is -0.496 e. The smallest absolute Gasteiger partial charge is 0.203 e. The predicted molar refractivity (Wildman–Crippen MR) is 132 cm³/mol. The summed E-state index contributed by atoms with van der Waals surface area (Å²) >= 11 is 1.50. The molecule has 1 N–H and O–H groups in total. The number of anilines is 1. The van der Waals surface area contributed by atoms with Crippen LogP contribution < -0.4 is 14.9 Å². The molecule has 0 radical (unpaired) electrons. The van der Waals surface area contributed by atoms with Crippen molar-refractivity contribution < 1.29 is 9.47 Å². The zero-order valence-corrected chi connectivity index (χ0v) is 18.7. The second-order valence-electron chi connectivity index (χ2n) is 7.11. The minimum absolute atomic E-state index is 0.697. The standard InChI is InChI=1S/C26H25N3O2S/c1-30-25-12-6-5-11-23(25)24-19-32-26(28-24)29-27-18-21-13-15-22(16-14-21)31-17-7-10-20-8-3-2-4-9-20/h2-6,8-9,11-16,18-19H,7,10,17H2,1H3,(H,28,29)/b27-18-. The molecule has 1 heterocycles. The highest BCUT2D eigenvalue weighted by Gasteiger charge is 2.08. The molecular formula is C26H25N3O2S. The Balaban J connectivity index is 1.25. The van der Waals surface area contributed by atoms with E-state index in [1.165, 1.54) is 16.9 Å². The van der Waals surface area contributed by atoms with Crippen molar-refractivity contribution in [2.75, 3.05) is 19.1 Å². The molecule has 5 nitrogen and oxygen atoms in total. The second kappa shape index (κ2) is 11.1. The number of nitrogens with zero attached hydrogens (tertiary/aromatic N) is 2. The van der Waals surface area contributed by atoms with Gasteiger partial charge in [-0.1, -0.05) is 42.5 Å². The molecule has 0 saturated heterocycles. The number of aromatic nitrogens is 1. The number of nitrogens with one attached hydrogen (secondary N) is 1. The summed E-state index contributed by atoms with van der Waals surface area (Å²) in [5.41, 5.74) is 7.14. The number of thiazole rings is 1. The van der Waals surface area contributed by atoms with Gasteiger partial charge in [0.05, 0.1) is 25.6 Å². The number of ether oxygens (including phenoxy) is 2. The molecule has 0 aliphatic heterocycles. The lowest BCUT2D eigenvalue weighted by molar-refractivity contribution is 0.311. The van der Waals surface area contributed by atoms with E-state index in [2.05, 4.69) is 39.8 Å². The topological polar surface area (TPSA) is 55.7 Å². The highest BCUT2D eigenvalue weighted by atomic mass is 32.1.